The number of hydrogen-bond acceptors (Lipinski definition) is 7. The summed E-state index contributed by atoms with van der Waals surface area (Å²) in [6, 6.07) is 16.2. The normalized spacial score (nSPS) is 20.7. The van der Waals surface area contributed by atoms with Gasteiger partial charge in [0.2, 0.25) is 0 Å². The van der Waals surface area contributed by atoms with Crippen LogP contribution in [0.5, 0.6) is 11.5 Å². The molecule has 8 heteroatoms. The van der Waals surface area contributed by atoms with Crippen LogP contribution in [0, 0.1) is 13.8 Å². The van der Waals surface area contributed by atoms with Crippen LogP contribution in [0.4, 0.5) is 0 Å². The Morgan fingerprint density at radius 1 is 1.06 bits per heavy atom. The molecule has 0 amide bonds. The number of ether oxygens (including phenoxy) is 3. The molecule has 0 saturated carbocycles. The Balaban J connectivity index is 1.39. The fraction of sp³-hybridized carbons (Fsp3) is 0.333. The van der Waals surface area contributed by atoms with Gasteiger partial charge in [0.25, 0.3) is 0 Å². The summed E-state index contributed by atoms with van der Waals surface area (Å²) in [7, 11) is 0. The first kappa shape index (κ1) is 21.3. The molecule has 0 aliphatic carbocycles. The van der Waals surface area contributed by atoms with Crippen molar-refractivity contribution in [3.63, 3.8) is 0 Å². The molecular formula is C24H25N3O3S2. The SMILES string of the molecule is CSc1nc2cnsc2n1[C@H]1C[C@H](Oc2ccc(C)cc2)[C@@H](COc2ccc(C)cc2)O1. The minimum atomic E-state index is -0.220. The number of fused-ring (bicyclic) bond motifs is 1. The Morgan fingerprint density at radius 2 is 1.75 bits per heavy atom. The van der Waals surface area contributed by atoms with Crippen LogP contribution in [-0.4, -0.2) is 39.0 Å². The van der Waals surface area contributed by atoms with E-state index in [-0.39, 0.29) is 18.4 Å². The second kappa shape index (κ2) is 9.13. The molecule has 166 valence electrons. The molecular weight excluding hydrogens is 442 g/mol. The molecule has 0 radical (unpaired) electrons. The maximum absolute atomic E-state index is 6.52. The number of imidazole rings is 1. The number of rotatable bonds is 7. The molecule has 2 aromatic heterocycles. The van der Waals surface area contributed by atoms with Crippen LogP contribution < -0.4 is 9.47 Å². The quantitative estimate of drug-likeness (QED) is 0.328. The number of nitrogens with zero attached hydrogens (tertiary/aromatic N) is 3. The van der Waals surface area contributed by atoms with Crippen molar-refractivity contribution in [3.8, 4) is 11.5 Å². The van der Waals surface area contributed by atoms with Crippen molar-refractivity contribution in [2.24, 2.45) is 0 Å². The molecule has 2 aromatic carbocycles. The standard InChI is InChI=1S/C24H25N3O3S2/c1-15-4-8-17(9-5-15)28-14-21-20(29-18-10-6-16(2)7-11-18)12-22(30-21)27-23-19(13-25-32-23)26-24(27)31-3/h4-11,13,20-22H,12,14H2,1-3H3/t20-,21+,22+/m0/s1. The Kier molecular flexibility index (Phi) is 6.08. The van der Waals surface area contributed by atoms with Crippen LogP contribution in [0.3, 0.4) is 0 Å². The minimum absolute atomic E-state index is 0.145. The third-order valence-corrected chi connectivity index (χ3v) is 7.01. The van der Waals surface area contributed by atoms with Crippen LogP contribution >= 0.6 is 23.3 Å². The molecule has 6 nitrogen and oxygen atoms in total. The Labute approximate surface area is 195 Å². The number of benzene rings is 2. The van der Waals surface area contributed by atoms with E-state index < -0.39 is 0 Å². The van der Waals surface area contributed by atoms with Crippen molar-refractivity contribution in [1.82, 2.24) is 13.9 Å². The topological polar surface area (TPSA) is 58.4 Å². The molecule has 1 fully saturated rings. The molecule has 3 atom stereocenters. The Hall–Kier alpha value is -2.55. The highest BCUT2D eigenvalue weighted by molar-refractivity contribution is 7.98. The largest absolute Gasteiger partial charge is 0.491 e. The van der Waals surface area contributed by atoms with Crippen molar-refractivity contribution < 1.29 is 14.2 Å². The second-order valence-corrected chi connectivity index (χ2v) is 9.50. The Bertz CT molecular complexity index is 1190. The fourth-order valence-corrected chi connectivity index (χ4v) is 5.24. The lowest BCUT2D eigenvalue weighted by atomic mass is 10.1. The lowest BCUT2D eigenvalue weighted by Gasteiger charge is -2.20. The van der Waals surface area contributed by atoms with Crippen LogP contribution in [0.2, 0.25) is 0 Å². The predicted octanol–water partition coefficient (Wildman–Crippen LogP) is 5.65. The Morgan fingerprint density at radius 3 is 2.44 bits per heavy atom. The van der Waals surface area contributed by atoms with E-state index in [1.807, 2.05) is 48.9 Å². The molecule has 0 unspecified atom stereocenters. The third-order valence-electron chi connectivity index (χ3n) is 5.57. The summed E-state index contributed by atoms with van der Waals surface area (Å²) in [5.41, 5.74) is 3.31. The van der Waals surface area contributed by atoms with Gasteiger partial charge in [0.05, 0.1) is 6.20 Å². The van der Waals surface area contributed by atoms with Gasteiger partial charge in [0.15, 0.2) is 5.16 Å². The van der Waals surface area contributed by atoms with E-state index in [9.17, 15) is 0 Å². The zero-order chi connectivity index (χ0) is 22.1. The zero-order valence-corrected chi connectivity index (χ0v) is 19.9. The summed E-state index contributed by atoms with van der Waals surface area (Å²) in [6.07, 6.45) is 3.99. The summed E-state index contributed by atoms with van der Waals surface area (Å²) >= 11 is 3.05. The van der Waals surface area contributed by atoms with Crippen LogP contribution in [0.1, 0.15) is 23.8 Å². The average Bonchev–Trinajstić information content (AvgIpc) is 3.49. The average molecular weight is 468 g/mol. The predicted molar refractivity (Wildman–Crippen MR) is 128 cm³/mol. The monoisotopic (exact) mass is 467 g/mol. The van der Waals surface area contributed by atoms with Gasteiger partial charge in [0, 0.05) is 6.42 Å². The first-order chi connectivity index (χ1) is 15.6. The van der Waals surface area contributed by atoms with Crippen molar-refractivity contribution in [2.75, 3.05) is 12.9 Å². The maximum atomic E-state index is 6.52. The highest BCUT2D eigenvalue weighted by atomic mass is 32.2. The first-order valence-electron chi connectivity index (χ1n) is 10.6. The summed E-state index contributed by atoms with van der Waals surface area (Å²) in [6.45, 7) is 4.54. The van der Waals surface area contributed by atoms with Gasteiger partial charge < -0.3 is 14.2 Å². The molecule has 32 heavy (non-hydrogen) atoms. The van der Waals surface area contributed by atoms with E-state index in [4.69, 9.17) is 19.2 Å². The van der Waals surface area contributed by atoms with Crippen molar-refractivity contribution in [2.45, 2.75) is 43.9 Å². The van der Waals surface area contributed by atoms with Gasteiger partial charge >= 0.3 is 0 Å². The van der Waals surface area contributed by atoms with Crippen molar-refractivity contribution in [1.29, 1.82) is 0 Å². The van der Waals surface area contributed by atoms with Gasteiger partial charge in [-0.25, -0.2) is 4.98 Å². The van der Waals surface area contributed by atoms with Gasteiger partial charge in [0.1, 0.15) is 46.9 Å². The molecule has 1 aliphatic heterocycles. The zero-order valence-electron chi connectivity index (χ0n) is 18.2. The van der Waals surface area contributed by atoms with Crippen LogP contribution in [0.15, 0.2) is 59.9 Å². The molecule has 0 N–H and O–H groups in total. The van der Waals surface area contributed by atoms with E-state index in [1.165, 1.54) is 22.7 Å². The molecule has 0 spiro atoms. The summed E-state index contributed by atoms with van der Waals surface area (Å²) in [5.74, 6) is 1.66. The van der Waals surface area contributed by atoms with Crippen molar-refractivity contribution >= 4 is 33.6 Å². The molecule has 3 heterocycles. The number of aryl methyl sites for hydroxylation is 2. The van der Waals surface area contributed by atoms with Crippen molar-refractivity contribution in [3.05, 3.63) is 65.9 Å². The third kappa shape index (κ3) is 4.35. The van der Waals surface area contributed by atoms with Gasteiger partial charge in [-0.2, -0.15) is 4.37 Å². The van der Waals surface area contributed by atoms with Gasteiger partial charge in [-0.1, -0.05) is 47.2 Å². The lowest BCUT2D eigenvalue weighted by Crippen LogP contribution is -2.32. The second-order valence-electron chi connectivity index (χ2n) is 7.94. The summed E-state index contributed by atoms with van der Waals surface area (Å²) < 4.78 is 25.4. The molecule has 5 rings (SSSR count). The summed E-state index contributed by atoms with van der Waals surface area (Å²) in [4.78, 5) is 5.72. The van der Waals surface area contributed by atoms with E-state index in [1.54, 1.807) is 11.8 Å². The van der Waals surface area contributed by atoms with E-state index >= 15 is 0 Å². The maximum Gasteiger partial charge on any atom is 0.171 e. The lowest BCUT2D eigenvalue weighted by molar-refractivity contribution is -0.0367. The smallest absolute Gasteiger partial charge is 0.171 e. The van der Waals surface area contributed by atoms with Gasteiger partial charge in [-0.05, 0) is 55.9 Å². The van der Waals surface area contributed by atoms with Crippen LogP contribution in [-0.2, 0) is 4.74 Å². The van der Waals surface area contributed by atoms with Gasteiger partial charge in [-0.3, -0.25) is 4.57 Å². The molecule has 1 saturated heterocycles. The molecule has 1 aliphatic rings. The minimum Gasteiger partial charge on any atom is -0.491 e. The van der Waals surface area contributed by atoms with Crippen LogP contribution in [0.25, 0.3) is 10.3 Å². The van der Waals surface area contributed by atoms with Gasteiger partial charge in [-0.15, -0.1) is 0 Å². The number of aromatic nitrogens is 3. The number of thioether (sulfide) groups is 1. The summed E-state index contributed by atoms with van der Waals surface area (Å²) in [5, 5.41) is 0.924. The fourth-order valence-electron chi connectivity index (χ4n) is 3.85. The molecule has 4 aromatic rings. The van der Waals surface area contributed by atoms with E-state index in [0.29, 0.717) is 13.0 Å². The highest BCUT2D eigenvalue weighted by Gasteiger charge is 2.40. The van der Waals surface area contributed by atoms with E-state index in [0.717, 1.165) is 27.0 Å². The first-order valence-corrected chi connectivity index (χ1v) is 12.6. The highest BCUT2D eigenvalue weighted by Crippen LogP contribution is 2.38. The van der Waals surface area contributed by atoms with E-state index in [2.05, 4.69) is 34.9 Å². The number of hydrogen-bond donors (Lipinski definition) is 0. The molecule has 0 bridgehead atoms.